The summed E-state index contributed by atoms with van der Waals surface area (Å²) in [5.41, 5.74) is 0.823. The van der Waals surface area contributed by atoms with Crippen LogP contribution >= 0.6 is 0 Å². The molecular formula is C15H21NO3. The summed E-state index contributed by atoms with van der Waals surface area (Å²) in [5.74, 6) is 0.500. The second-order valence-corrected chi connectivity index (χ2v) is 5.05. The molecule has 1 aliphatic carbocycles. The van der Waals surface area contributed by atoms with Gasteiger partial charge in [-0.3, -0.25) is 4.79 Å². The van der Waals surface area contributed by atoms with Gasteiger partial charge < -0.3 is 14.7 Å². The predicted molar refractivity (Wildman–Crippen MR) is 74.4 cm³/mol. The van der Waals surface area contributed by atoms with Crippen LogP contribution < -0.4 is 9.64 Å². The lowest BCUT2D eigenvalue weighted by molar-refractivity contribution is -0.127. The second kappa shape index (κ2) is 6.06. The third-order valence-electron chi connectivity index (χ3n) is 3.84. The van der Waals surface area contributed by atoms with Gasteiger partial charge in [-0.1, -0.05) is 12.8 Å². The number of nitrogens with zero attached hydrogens (tertiary/aromatic N) is 1. The number of carbonyl (C=O) groups is 1. The maximum Gasteiger partial charge on any atom is 0.232 e. The summed E-state index contributed by atoms with van der Waals surface area (Å²) < 4.78 is 5.10. The van der Waals surface area contributed by atoms with Gasteiger partial charge in [0.2, 0.25) is 5.91 Å². The number of aliphatic hydroxyl groups is 1. The van der Waals surface area contributed by atoms with Gasteiger partial charge in [-0.05, 0) is 37.1 Å². The lowest BCUT2D eigenvalue weighted by Gasteiger charge is -2.30. The highest BCUT2D eigenvalue weighted by Gasteiger charge is 2.31. The first kappa shape index (κ1) is 13.9. The Bertz CT molecular complexity index is 430. The minimum absolute atomic E-state index is 0.00244. The SMILES string of the molecule is COc1ccc(N(C)C(=O)C2CCCCC2O)cc1. The Labute approximate surface area is 114 Å². The molecule has 19 heavy (non-hydrogen) atoms. The first-order valence-corrected chi connectivity index (χ1v) is 6.73. The number of ether oxygens (including phenoxy) is 1. The Hall–Kier alpha value is -1.55. The zero-order chi connectivity index (χ0) is 13.8. The molecule has 1 saturated carbocycles. The fourth-order valence-electron chi connectivity index (χ4n) is 2.58. The Balaban J connectivity index is 2.08. The van der Waals surface area contributed by atoms with Crippen molar-refractivity contribution in [2.24, 2.45) is 5.92 Å². The van der Waals surface area contributed by atoms with Crippen molar-refractivity contribution >= 4 is 11.6 Å². The molecule has 0 spiro atoms. The maximum absolute atomic E-state index is 12.4. The number of methoxy groups -OCH3 is 1. The first-order valence-electron chi connectivity index (χ1n) is 6.73. The molecular weight excluding hydrogens is 242 g/mol. The molecule has 1 fully saturated rings. The second-order valence-electron chi connectivity index (χ2n) is 5.05. The van der Waals surface area contributed by atoms with E-state index in [0.717, 1.165) is 37.1 Å². The number of rotatable bonds is 3. The van der Waals surface area contributed by atoms with Crippen LogP contribution in [0.5, 0.6) is 5.75 Å². The fraction of sp³-hybridized carbons (Fsp3) is 0.533. The van der Waals surface area contributed by atoms with E-state index in [4.69, 9.17) is 4.74 Å². The number of carbonyl (C=O) groups excluding carboxylic acids is 1. The highest BCUT2D eigenvalue weighted by molar-refractivity contribution is 5.95. The Morgan fingerprint density at radius 2 is 1.89 bits per heavy atom. The third-order valence-corrected chi connectivity index (χ3v) is 3.84. The largest absolute Gasteiger partial charge is 0.497 e. The summed E-state index contributed by atoms with van der Waals surface area (Å²) in [6.07, 6.45) is 3.04. The zero-order valence-corrected chi connectivity index (χ0v) is 11.5. The van der Waals surface area contributed by atoms with Gasteiger partial charge in [-0.15, -0.1) is 0 Å². The summed E-state index contributed by atoms with van der Waals surface area (Å²) in [6.45, 7) is 0. The summed E-state index contributed by atoms with van der Waals surface area (Å²) in [6, 6.07) is 7.37. The van der Waals surface area contributed by atoms with E-state index in [-0.39, 0.29) is 11.8 Å². The molecule has 4 nitrogen and oxygen atoms in total. The first-order chi connectivity index (χ1) is 9.13. The zero-order valence-electron chi connectivity index (χ0n) is 11.5. The summed E-state index contributed by atoms with van der Waals surface area (Å²) in [5, 5.41) is 9.95. The highest BCUT2D eigenvalue weighted by atomic mass is 16.5. The molecule has 4 heteroatoms. The van der Waals surface area contributed by atoms with Crippen molar-refractivity contribution in [2.75, 3.05) is 19.1 Å². The number of aliphatic hydroxyl groups excluding tert-OH is 1. The maximum atomic E-state index is 12.4. The van der Waals surface area contributed by atoms with Gasteiger partial charge in [0.15, 0.2) is 0 Å². The number of benzene rings is 1. The molecule has 2 rings (SSSR count). The molecule has 1 amide bonds. The molecule has 0 heterocycles. The molecule has 1 aliphatic rings. The van der Waals surface area contributed by atoms with Gasteiger partial charge in [0.05, 0.1) is 19.1 Å². The Morgan fingerprint density at radius 3 is 2.47 bits per heavy atom. The molecule has 2 unspecified atom stereocenters. The van der Waals surface area contributed by atoms with Crippen LogP contribution in [0.3, 0.4) is 0 Å². The third kappa shape index (κ3) is 3.07. The molecule has 0 radical (unpaired) electrons. The van der Waals surface area contributed by atoms with E-state index in [2.05, 4.69) is 0 Å². The van der Waals surface area contributed by atoms with Gasteiger partial charge in [-0.2, -0.15) is 0 Å². The summed E-state index contributed by atoms with van der Waals surface area (Å²) in [7, 11) is 3.37. The van der Waals surface area contributed by atoms with E-state index in [9.17, 15) is 9.90 Å². The van der Waals surface area contributed by atoms with Crippen molar-refractivity contribution in [3.63, 3.8) is 0 Å². The number of anilines is 1. The van der Waals surface area contributed by atoms with E-state index < -0.39 is 6.10 Å². The monoisotopic (exact) mass is 263 g/mol. The number of hydrogen-bond donors (Lipinski definition) is 1. The van der Waals surface area contributed by atoms with Crippen molar-refractivity contribution in [3.8, 4) is 5.75 Å². The van der Waals surface area contributed by atoms with Crippen LogP contribution in [0.1, 0.15) is 25.7 Å². The average Bonchev–Trinajstić information content (AvgIpc) is 2.46. The summed E-state index contributed by atoms with van der Waals surface area (Å²) in [4.78, 5) is 14.0. The van der Waals surface area contributed by atoms with E-state index >= 15 is 0 Å². The molecule has 0 aromatic heterocycles. The molecule has 1 aromatic rings. The molecule has 2 atom stereocenters. The van der Waals surface area contributed by atoms with Crippen molar-refractivity contribution in [2.45, 2.75) is 31.8 Å². The van der Waals surface area contributed by atoms with Gasteiger partial charge in [0, 0.05) is 12.7 Å². The average molecular weight is 263 g/mol. The predicted octanol–water partition coefficient (Wildman–Crippen LogP) is 2.21. The highest BCUT2D eigenvalue weighted by Crippen LogP contribution is 2.28. The van der Waals surface area contributed by atoms with Crippen LogP contribution in [0.2, 0.25) is 0 Å². The lowest BCUT2D eigenvalue weighted by atomic mass is 9.85. The van der Waals surface area contributed by atoms with Crippen molar-refractivity contribution < 1.29 is 14.6 Å². The molecule has 1 N–H and O–H groups in total. The van der Waals surface area contributed by atoms with E-state index in [1.54, 1.807) is 19.1 Å². The van der Waals surface area contributed by atoms with Crippen LogP contribution in [0, 0.1) is 5.92 Å². The molecule has 0 bridgehead atoms. The van der Waals surface area contributed by atoms with Gasteiger partial charge >= 0.3 is 0 Å². The van der Waals surface area contributed by atoms with Crippen LogP contribution in [0.15, 0.2) is 24.3 Å². The standard InChI is InChI=1S/C15H21NO3/c1-16(11-7-9-12(19-2)10-8-11)15(18)13-5-3-4-6-14(13)17/h7-10,13-14,17H,3-6H2,1-2H3. The minimum Gasteiger partial charge on any atom is -0.497 e. The van der Waals surface area contributed by atoms with Gasteiger partial charge in [0.1, 0.15) is 5.75 Å². The van der Waals surface area contributed by atoms with Crippen LogP contribution in [0.4, 0.5) is 5.69 Å². The van der Waals surface area contributed by atoms with Crippen molar-refractivity contribution in [3.05, 3.63) is 24.3 Å². The van der Waals surface area contributed by atoms with Crippen molar-refractivity contribution in [1.29, 1.82) is 0 Å². The van der Waals surface area contributed by atoms with Crippen LogP contribution in [-0.4, -0.2) is 31.3 Å². The topological polar surface area (TPSA) is 49.8 Å². The van der Waals surface area contributed by atoms with Crippen LogP contribution in [-0.2, 0) is 4.79 Å². The quantitative estimate of drug-likeness (QED) is 0.909. The van der Waals surface area contributed by atoms with Gasteiger partial charge in [0.25, 0.3) is 0 Å². The van der Waals surface area contributed by atoms with Gasteiger partial charge in [-0.25, -0.2) is 0 Å². The molecule has 104 valence electrons. The Kier molecular flexibility index (Phi) is 4.43. The van der Waals surface area contributed by atoms with Crippen molar-refractivity contribution in [1.82, 2.24) is 0 Å². The molecule has 0 saturated heterocycles. The lowest BCUT2D eigenvalue weighted by Crippen LogP contribution is -2.40. The fourth-order valence-corrected chi connectivity index (χ4v) is 2.58. The van der Waals surface area contributed by atoms with E-state index in [1.807, 2.05) is 24.3 Å². The minimum atomic E-state index is -0.498. The smallest absolute Gasteiger partial charge is 0.232 e. The van der Waals surface area contributed by atoms with Crippen LogP contribution in [0.25, 0.3) is 0 Å². The number of hydrogen-bond acceptors (Lipinski definition) is 3. The normalized spacial score (nSPS) is 22.9. The molecule has 0 aliphatic heterocycles. The number of amides is 1. The van der Waals surface area contributed by atoms with E-state index in [1.165, 1.54) is 0 Å². The van der Waals surface area contributed by atoms with E-state index in [0.29, 0.717) is 0 Å². The summed E-state index contributed by atoms with van der Waals surface area (Å²) >= 11 is 0. The Morgan fingerprint density at radius 1 is 1.26 bits per heavy atom. The molecule has 1 aromatic carbocycles.